The highest BCUT2D eigenvalue weighted by molar-refractivity contribution is 7.89. The summed E-state index contributed by atoms with van der Waals surface area (Å²) in [5, 5.41) is -0.136. The summed E-state index contributed by atoms with van der Waals surface area (Å²) in [5.74, 6) is 0. The van der Waals surface area contributed by atoms with Crippen LogP contribution in [0, 0.1) is 6.92 Å². The Balaban J connectivity index is 2.17. The molecule has 0 saturated heterocycles. The van der Waals surface area contributed by atoms with Gasteiger partial charge in [0.2, 0.25) is 0 Å². The lowest BCUT2D eigenvalue weighted by Gasteiger charge is -2.08. The van der Waals surface area contributed by atoms with Gasteiger partial charge in [-0.2, -0.15) is 0 Å². The van der Waals surface area contributed by atoms with E-state index in [1.165, 1.54) is 12.3 Å². The molecule has 0 unspecified atom stereocenters. The fraction of sp³-hybridized carbons (Fsp3) is 0.154. The van der Waals surface area contributed by atoms with Crippen LogP contribution in [0.2, 0.25) is 0 Å². The molecule has 5 nitrogen and oxygen atoms in total. The van der Waals surface area contributed by atoms with E-state index < -0.39 is 10.0 Å². The molecule has 0 aliphatic carbocycles. The minimum absolute atomic E-state index is 0.136. The zero-order chi connectivity index (χ0) is 13.9. The van der Waals surface area contributed by atoms with E-state index in [-0.39, 0.29) is 17.3 Å². The molecule has 0 aliphatic heterocycles. The van der Waals surface area contributed by atoms with E-state index >= 15 is 0 Å². The van der Waals surface area contributed by atoms with Gasteiger partial charge in [-0.25, -0.2) is 18.1 Å². The van der Waals surface area contributed by atoms with Crippen LogP contribution < -0.4 is 10.5 Å². The largest absolute Gasteiger partial charge is 0.396 e. The molecule has 0 spiro atoms. The highest BCUT2D eigenvalue weighted by Gasteiger charge is 2.18. The fourth-order valence-corrected chi connectivity index (χ4v) is 2.77. The van der Waals surface area contributed by atoms with Gasteiger partial charge in [-0.1, -0.05) is 29.8 Å². The Morgan fingerprint density at radius 1 is 1.26 bits per heavy atom. The predicted molar refractivity (Wildman–Crippen MR) is 73.9 cm³/mol. The van der Waals surface area contributed by atoms with E-state index in [0.29, 0.717) is 0 Å². The number of aromatic nitrogens is 1. The smallest absolute Gasteiger partial charge is 0.260 e. The van der Waals surface area contributed by atoms with E-state index in [0.717, 1.165) is 11.1 Å². The first-order chi connectivity index (χ1) is 8.99. The van der Waals surface area contributed by atoms with Crippen LogP contribution >= 0.6 is 0 Å². The molecule has 100 valence electrons. The maximum Gasteiger partial charge on any atom is 0.260 e. The summed E-state index contributed by atoms with van der Waals surface area (Å²) in [5.41, 5.74) is 7.72. The molecule has 0 atom stereocenters. The van der Waals surface area contributed by atoms with Crippen molar-refractivity contribution in [3.63, 3.8) is 0 Å². The van der Waals surface area contributed by atoms with Crippen molar-refractivity contribution in [1.29, 1.82) is 0 Å². The number of sulfonamides is 1. The van der Waals surface area contributed by atoms with Gasteiger partial charge in [0.25, 0.3) is 10.0 Å². The van der Waals surface area contributed by atoms with Crippen LogP contribution in [-0.4, -0.2) is 13.4 Å². The molecule has 0 bridgehead atoms. The first kappa shape index (κ1) is 13.5. The summed E-state index contributed by atoms with van der Waals surface area (Å²) in [6.45, 7) is 2.16. The van der Waals surface area contributed by atoms with E-state index in [1.54, 1.807) is 6.07 Å². The molecule has 0 fully saturated rings. The van der Waals surface area contributed by atoms with Crippen molar-refractivity contribution in [2.24, 2.45) is 0 Å². The third-order valence-electron chi connectivity index (χ3n) is 2.60. The summed E-state index contributed by atoms with van der Waals surface area (Å²) in [6, 6.07) is 10.7. The summed E-state index contributed by atoms with van der Waals surface area (Å²) < 4.78 is 26.6. The van der Waals surface area contributed by atoms with Gasteiger partial charge >= 0.3 is 0 Å². The van der Waals surface area contributed by atoms with E-state index in [1.807, 2.05) is 31.2 Å². The predicted octanol–water partition coefficient (Wildman–Crippen LogP) is 1.45. The van der Waals surface area contributed by atoms with Crippen LogP contribution in [0.15, 0.2) is 47.6 Å². The molecule has 2 rings (SSSR count). The van der Waals surface area contributed by atoms with Gasteiger partial charge in [0, 0.05) is 12.7 Å². The Hall–Kier alpha value is -1.92. The van der Waals surface area contributed by atoms with Gasteiger partial charge in [-0.15, -0.1) is 0 Å². The second-order valence-electron chi connectivity index (χ2n) is 4.21. The maximum atomic E-state index is 12.1. The van der Waals surface area contributed by atoms with Crippen LogP contribution in [0.1, 0.15) is 11.1 Å². The van der Waals surface area contributed by atoms with Crippen molar-refractivity contribution in [3.8, 4) is 0 Å². The summed E-state index contributed by atoms with van der Waals surface area (Å²) in [4.78, 5) is 3.80. The number of nitrogens with zero attached hydrogens (tertiary/aromatic N) is 1. The lowest BCUT2D eigenvalue weighted by Crippen LogP contribution is -2.25. The molecule has 0 saturated carbocycles. The Kier molecular flexibility index (Phi) is 3.82. The average Bonchev–Trinajstić information content (AvgIpc) is 2.37. The molecule has 6 heteroatoms. The van der Waals surface area contributed by atoms with Gasteiger partial charge in [-0.3, -0.25) is 0 Å². The highest BCUT2D eigenvalue weighted by atomic mass is 32.2. The minimum Gasteiger partial charge on any atom is -0.396 e. The minimum atomic E-state index is -3.69. The van der Waals surface area contributed by atoms with Crippen LogP contribution in [0.4, 0.5) is 5.69 Å². The monoisotopic (exact) mass is 277 g/mol. The normalized spacial score (nSPS) is 11.4. The fourth-order valence-electron chi connectivity index (χ4n) is 1.70. The molecule has 1 heterocycles. The second-order valence-corrected chi connectivity index (χ2v) is 5.89. The summed E-state index contributed by atoms with van der Waals surface area (Å²) >= 11 is 0. The van der Waals surface area contributed by atoms with Crippen molar-refractivity contribution < 1.29 is 8.42 Å². The zero-order valence-electron chi connectivity index (χ0n) is 10.5. The number of anilines is 1. The number of hydrogen-bond donors (Lipinski definition) is 2. The SMILES string of the molecule is Cc1cccc(CNS(=O)(=O)c2ncccc2N)c1. The highest BCUT2D eigenvalue weighted by Crippen LogP contribution is 2.14. The van der Waals surface area contributed by atoms with Crippen LogP contribution in [0.25, 0.3) is 0 Å². The zero-order valence-corrected chi connectivity index (χ0v) is 11.3. The number of hydrogen-bond acceptors (Lipinski definition) is 4. The van der Waals surface area contributed by atoms with Crippen molar-refractivity contribution in [3.05, 3.63) is 53.7 Å². The standard InChI is InChI=1S/C13H15N3O2S/c1-10-4-2-5-11(8-10)9-16-19(17,18)13-12(14)6-3-7-15-13/h2-8,16H,9,14H2,1H3. The Bertz CT molecular complexity index is 684. The van der Waals surface area contributed by atoms with Crippen molar-refractivity contribution in [2.75, 3.05) is 5.73 Å². The molecule has 1 aromatic carbocycles. The Morgan fingerprint density at radius 2 is 2.05 bits per heavy atom. The lowest BCUT2D eigenvalue weighted by atomic mass is 10.1. The topological polar surface area (TPSA) is 85.1 Å². The first-order valence-corrected chi connectivity index (χ1v) is 7.23. The maximum absolute atomic E-state index is 12.1. The second kappa shape index (κ2) is 5.38. The van der Waals surface area contributed by atoms with E-state index in [9.17, 15) is 8.42 Å². The van der Waals surface area contributed by atoms with Gasteiger partial charge in [0.05, 0.1) is 5.69 Å². The molecule has 3 N–H and O–H groups in total. The number of rotatable bonds is 4. The molecular formula is C13H15N3O2S. The van der Waals surface area contributed by atoms with Crippen molar-refractivity contribution in [1.82, 2.24) is 9.71 Å². The number of nitrogens with one attached hydrogen (secondary N) is 1. The number of benzene rings is 1. The third-order valence-corrected chi connectivity index (χ3v) is 3.98. The molecule has 0 radical (unpaired) electrons. The van der Waals surface area contributed by atoms with E-state index in [4.69, 9.17) is 5.73 Å². The number of pyridine rings is 1. The molecule has 1 aromatic heterocycles. The molecule has 0 aliphatic rings. The average molecular weight is 277 g/mol. The van der Waals surface area contributed by atoms with Crippen molar-refractivity contribution >= 4 is 15.7 Å². The van der Waals surface area contributed by atoms with Crippen LogP contribution in [0.3, 0.4) is 0 Å². The summed E-state index contributed by atoms with van der Waals surface area (Å²) in [6.07, 6.45) is 1.40. The first-order valence-electron chi connectivity index (χ1n) is 5.75. The van der Waals surface area contributed by atoms with Gasteiger partial charge in [0.1, 0.15) is 0 Å². The van der Waals surface area contributed by atoms with Gasteiger partial charge in [0.15, 0.2) is 5.03 Å². The summed E-state index contributed by atoms with van der Waals surface area (Å²) in [7, 11) is -3.69. The lowest BCUT2D eigenvalue weighted by molar-refractivity contribution is 0.578. The molecule has 2 aromatic rings. The quantitative estimate of drug-likeness (QED) is 0.885. The van der Waals surface area contributed by atoms with Gasteiger partial charge in [-0.05, 0) is 24.6 Å². The third kappa shape index (κ3) is 3.30. The van der Waals surface area contributed by atoms with Crippen LogP contribution in [-0.2, 0) is 16.6 Å². The molecular weight excluding hydrogens is 262 g/mol. The molecule has 0 amide bonds. The van der Waals surface area contributed by atoms with Crippen LogP contribution in [0.5, 0.6) is 0 Å². The Labute approximate surface area is 112 Å². The Morgan fingerprint density at radius 3 is 2.74 bits per heavy atom. The number of nitrogens with two attached hydrogens (primary N) is 1. The van der Waals surface area contributed by atoms with E-state index in [2.05, 4.69) is 9.71 Å². The number of aryl methyl sites for hydroxylation is 1. The van der Waals surface area contributed by atoms with Crippen molar-refractivity contribution in [2.45, 2.75) is 18.5 Å². The number of nitrogen functional groups attached to an aromatic ring is 1. The molecule has 19 heavy (non-hydrogen) atoms. The van der Waals surface area contributed by atoms with Gasteiger partial charge < -0.3 is 5.73 Å².